The van der Waals surface area contributed by atoms with Crippen LogP contribution in [-0.4, -0.2) is 34.0 Å². The third-order valence-electron chi connectivity index (χ3n) is 4.78. The van der Waals surface area contributed by atoms with Crippen LogP contribution in [0.3, 0.4) is 0 Å². The van der Waals surface area contributed by atoms with Crippen LogP contribution in [0, 0.1) is 12.7 Å². The molecule has 1 amide bonds. The summed E-state index contributed by atoms with van der Waals surface area (Å²) < 4.78 is 57.2. The van der Waals surface area contributed by atoms with Gasteiger partial charge < -0.3 is 4.74 Å². The standard InChI is InChI=1S/C20H16F4N4O2/c1-11-5-15(12-3-4-14(21)17(6-12)30-2)26-16-9-28(19(29)18(11)16)13-7-25-27(8-13)10-20(22,23)24/h3-8H,9-10H2,1-2H3. The van der Waals surface area contributed by atoms with Gasteiger partial charge in [0.25, 0.3) is 5.91 Å². The lowest BCUT2D eigenvalue weighted by atomic mass is 10.0. The van der Waals surface area contributed by atoms with Gasteiger partial charge in [-0.15, -0.1) is 0 Å². The Morgan fingerprint density at radius 1 is 1.23 bits per heavy atom. The molecular weight excluding hydrogens is 404 g/mol. The Hall–Kier alpha value is -3.43. The highest BCUT2D eigenvalue weighted by molar-refractivity contribution is 6.10. The lowest BCUT2D eigenvalue weighted by Gasteiger charge is -2.12. The Balaban J connectivity index is 1.66. The number of hydrogen-bond acceptors (Lipinski definition) is 4. The monoisotopic (exact) mass is 420 g/mol. The fourth-order valence-corrected chi connectivity index (χ4v) is 3.44. The number of ether oxygens (including phenoxy) is 1. The number of carbonyl (C=O) groups is 1. The zero-order valence-electron chi connectivity index (χ0n) is 16.0. The summed E-state index contributed by atoms with van der Waals surface area (Å²) in [5, 5.41) is 3.69. The number of hydrogen-bond donors (Lipinski definition) is 0. The first kappa shape index (κ1) is 19.9. The molecule has 0 radical (unpaired) electrons. The molecule has 0 aliphatic carbocycles. The van der Waals surface area contributed by atoms with Crippen molar-refractivity contribution in [3.8, 4) is 17.0 Å². The van der Waals surface area contributed by atoms with E-state index in [0.717, 1.165) is 4.68 Å². The Kier molecular flexibility index (Phi) is 4.71. The molecule has 1 aliphatic heterocycles. The Morgan fingerprint density at radius 2 is 2.00 bits per heavy atom. The highest BCUT2D eigenvalue weighted by atomic mass is 19.4. The largest absolute Gasteiger partial charge is 0.494 e. The molecule has 0 spiro atoms. The second-order valence-electron chi connectivity index (χ2n) is 6.90. The van der Waals surface area contributed by atoms with E-state index in [2.05, 4.69) is 10.1 Å². The average Bonchev–Trinajstić information content (AvgIpc) is 3.25. The molecule has 30 heavy (non-hydrogen) atoms. The van der Waals surface area contributed by atoms with Crippen molar-refractivity contribution in [2.45, 2.75) is 26.2 Å². The predicted molar refractivity (Wildman–Crippen MR) is 99.7 cm³/mol. The number of benzene rings is 1. The highest BCUT2D eigenvalue weighted by Crippen LogP contribution is 2.33. The van der Waals surface area contributed by atoms with Crippen molar-refractivity contribution in [1.29, 1.82) is 0 Å². The lowest BCUT2D eigenvalue weighted by molar-refractivity contribution is -0.142. The van der Waals surface area contributed by atoms with E-state index in [1.807, 2.05) is 0 Å². The average molecular weight is 420 g/mol. The summed E-state index contributed by atoms with van der Waals surface area (Å²) in [4.78, 5) is 18.7. The topological polar surface area (TPSA) is 60.2 Å². The van der Waals surface area contributed by atoms with E-state index in [1.165, 1.54) is 36.5 Å². The number of alkyl halides is 3. The molecule has 4 rings (SSSR count). The molecule has 2 aromatic heterocycles. The van der Waals surface area contributed by atoms with Gasteiger partial charge in [-0.05, 0) is 36.8 Å². The molecule has 1 aromatic carbocycles. The number of rotatable bonds is 4. The lowest BCUT2D eigenvalue weighted by Crippen LogP contribution is -2.23. The number of amides is 1. The number of carbonyl (C=O) groups excluding carboxylic acids is 1. The molecular formula is C20H16F4N4O2. The zero-order valence-corrected chi connectivity index (χ0v) is 16.0. The van der Waals surface area contributed by atoms with Gasteiger partial charge in [-0.1, -0.05) is 0 Å². The zero-order chi connectivity index (χ0) is 21.6. The number of aryl methyl sites for hydroxylation is 1. The van der Waals surface area contributed by atoms with Crippen LogP contribution >= 0.6 is 0 Å². The van der Waals surface area contributed by atoms with Crippen LogP contribution in [0.25, 0.3) is 11.3 Å². The van der Waals surface area contributed by atoms with E-state index in [-0.39, 0.29) is 23.9 Å². The molecule has 0 N–H and O–H groups in total. The van der Waals surface area contributed by atoms with Crippen LogP contribution in [0.5, 0.6) is 5.75 Å². The van der Waals surface area contributed by atoms with Gasteiger partial charge in [0, 0.05) is 11.8 Å². The third kappa shape index (κ3) is 3.60. The van der Waals surface area contributed by atoms with Gasteiger partial charge in [-0.2, -0.15) is 18.3 Å². The first-order valence-corrected chi connectivity index (χ1v) is 8.92. The Morgan fingerprint density at radius 3 is 2.70 bits per heavy atom. The maximum absolute atomic E-state index is 13.7. The first-order valence-electron chi connectivity index (χ1n) is 8.92. The first-order chi connectivity index (χ1) is 14.2. The van der Waals surface area contributed by atoms with Crippen LogP contribution in [-0.2, 0) is 13.1 Å². The molecule has 3 heterocycles. The maximum atomic E-state index is 13.7. The number of anilines is 1. The minimum absolute atomic E-state index is 0.0715. The summed E-state index contributed by atoms with van der Waals surface area (Å²) in [5.41, 5.74) is 2.95. The molecule has 0 saturated carbocycles. The normalized spacial score (nSPS) is 13.7. The van der Waals surface area contributed by atoms with Crippen LogP contribution in [0.15, 0.2) is 36.7 Å². The molecule has 10 heteroatoms. The highest BCUT2D eigenvalue weighted by Gasteiger charge is 2.34. The Labute approximate surface area is 168 Å². The van der Waals surface area contributed by atoms with E-state index >= 15 is 0 Å². The molecule has 156 valence electrons. The third-order valence-corrected chi connectivity index (χ3v) is 4.78. The van der Waals surface area contributed by atoms with Crippen molar-refractivity contribution in [2.75, 3.05) is 12.0 Å². The van der Waals surface area contributed by atoms with Crippen molar-refractivity contribution in [1.82, 2.24) is 14.8 Å². The maximum Gasteiger partial charge on any atom is 0.408 e. The van der Waals surface area contributed by atoms with Gasteiger partial charge in [0.1, 0.15) is 6.54 Å². The summed E-state index contributed by atoms with van der Waals surface area (Å²) >= 11 is 0. The molecule has 0 fully saturated rings. The molecule has 0 saturated heterocycles. The van der Waals surface area contributed by atoms with Gasteiger partial charge in [0.2, 0.25) is 0 Å². The number of fused-ring (bicyclic) bond motifs is 1. The number of pyridine rings is 1. The van der Waals surface area contributed by atoms with Gasteiger partial charge in [-0.3, -0.25) is 19.4 Å². The molecule has 1 aliphatic rings. The van der Waals surface area contributed by atoms with E-state index in [0.29, 0.717) is 28.1 Å². The summed E-state index contributed by atoms with van der Waals surface area (Å²) in [6.07, 6.45) is -2.01. The van der Waals surface area contributed by atoms with E-state index in [9.17, 15) is 22.4 Å². The molecule has 0 bridgehead atoms. The van der Waals surface area contributed by atoms with E-state index < -0.39 is 18.5 Å². The van der Waals surface area contributed by atoms with Crippen molar-refractivity contribution >= 4 is 11.6 Å². The predicted octanol–water partition coefficient (Wildman–Crippen LogP) is 4.12. The summed E-state index contributed by atoms with van der Waals surface area (Å²) in [6.45, 7) is 0.605. The van der Waals surface area contributed by atoms with Crippen molar-refractivity contribution in [3.05, 3.63) is 59.3 Å². The Bertz CT molecular complexity index is 1140. The second kappa shape index (κ2) is 7.12. The molecule has 3 aromatic rings. The smallest absolute Gasteiger partial charge is 0.408 e. The minimum atomic E-state index is -4.41. The van der Waals surface area contributed by atoms with Crippen LogP contribution in [0.4, 0.5) is 23.2 Å². The van der Waals surface area contributed by atoms with Crippen LogP contribution < -0.4 is 9.64 Å². The van der Waals surface area contributed by atoms with E-state index in [4.69, 9.17) is 4.74 Å². The van der Waals surface area contributed by atoms with Gasteiger partial charge in [-0.25, -0.2) is 4.39 Å². The molecule has 0 unspecified atom stereocenters. The van der Waals surface area contributed by atoms with Crippen molar-refractivity contribution in [3.63, 3.8) is 0 Å². The summed E-state index contributed by atoms with van der Waals surface area (Å²) in [5.74, 6) is -0.789. The number of halogens is 4. The molecule has 6 nitrogen and oxygen atoms in total. The van der Waals surface area contributed by atoms with Crippen LogP contribution in [0.1, 0.15) is 21.6 Å². The fourth-order valence-electron chi connectivity index (χ4n) is 3.44. The second-order valence-corrected chi connectivity index (χ2v) is 6.90. The van der Waals surface area contributed by atoms with Gasteiger partial charge in [0.15, 0.2) is 11.6 Å². The SMILES string of the molecule is COc1cc(-c2cc(C)c3c(n2)CN(c2cnn(CC(F)(F)F)c2)C3=O)ccc1F. The fraction of sp³-hybridized carbons (Fsp3) is 0.250. The van der Waals surface area contributed by atoms with Crippen molar-refractivity contribution in [2.24, 2.45) is 0 Å². The summed E-state index contributed by atoms with van der Waals surface area (Å²) in [6, 6.07) is 6.05. The summed E-state index contributed by atoms with van der Waals surface area (Å²) in [7, 11) is 1.36. The van der Waals surface area contributed by atoms with Crippen molar-refractivity contribution < 1.29 is 27.1 Å². The van der Waals surface area contributed by atoms with Crippen LogP contribution in [0.2, 0.25) is 0 Å². The number of aromatic nitrogens is 3. The molecule has 0 atom stereocenters. The van der Waals surface area contributed by atoms with E-state index in [1.54, 1.807) is 19.1 Å². The van der Waals surface area contributed by atoms with Gasteiger partial charge >= 0.3 is 6.18 Å². The number of methoxy groups -OCH3 is 1. The number of nitrogens with zero attached hydrogens (tertiary/aromatic N) is 4. The quantitative estimate of drug-likeness (QED) is 0.596. The minimum Gasteiger partial charge on any atom is -0.494 e. The van der Waals surface area contributed by atoms with Gasteiger partial charge in [0.05, 0.1) is 42.5 Å².